The Bertz CT molecular complexity index is 1040. The summed E-state index contributed by atoms with van der Waals surface area (Å²) in [6.07, 6.45) is 0. The zero-order chi connectivity index (χ0) is 21.3. The summed E-state index contributed by atoms with van der Waals surface area (Å²) in [5, 5.41) is 36.0. The van der Waals surface area contributed by atoms with Gasteiger partial charge in [0.25, 0.3) is 0 Å². The van der Waals surface area contributed by atoms with Crippen LogP contribution in [0.2, 0.25) is 0 Å². The van der Waals surface area contributed by atoms with Crippen LogP contribution in [-0.2, 0) is 17.1 Å². The third kappa shape index (κ3) is 7.24. The largest absolute Gasteiger partial charge is 0.492 e. The summed E-state index contributed by atoms with van der Waals surface area (Å²) in [5.41, 5.74) is 3.39. The van der Waals surface area contributed by atoms with Gasteiger partial charge in [0.1, 0.15) is 0 Å². The number of rotatable bonds is 6. The molecule has 0 spiro atoms. The van der Waals surface area contributed by atoms with Gasteiger partial charge in [-0.05, 0) is 50.2 Å². The van der Waals surface area contributed by atoms with E-state index in [2.05, 4.69) is 25.4 Å². The van der Waals surface area contributed by atoms with E-state index in [0.717, 1.165) is 0 Å². The molecule has 0 aliphatic carbocycles. The SMILES string of the molecule is C/C(=N\N=C(O)c1ccccc1)c1cccc(/C(C)=N/N=C(\O)c2ccccc2)n1.O.[Cu]. The maximum absolute atomic E-state index is 10.0. The molecule has 169 valence electrons. The van der Waals surface area contributed by atoms with Crippen LogP contribution in [0.3, 0.4) is 0 Å². The van der Waals surface area contributed by atoms with Crippen molar-refractivity contribution in [3.8, 4) is 0 Å². The molecular weight excluding hydrogens is 458 g/mol. The Labute approximate surface area is 196 Å². The fraction of sp³-hybridized carbons (Fsp3) is 0.0870. The molecule has 1 aromatic heterocycles. The zero-order valence-electron chi connectivity index (χ0n) is 17.4. The second-order valence-corrected chi connectivity index (χ2v) is 6.36. The van der Waals surface area contributed by atoms with Crippen molar-refractivity contribution < 1.29 is 32.8 Å². The zero-order valence-corrected chi connectivity index (χ0v) is 18.4. The van der Waals surface area contributed by atoms with Gasteiger partial charge in [0.2, 0.25) is 11.8 Å². The topological polar surface area (TPSA) is 134 Å². The average molecular weight is 481 g/mol. The minimum Gasteiger partial charge on any atom is -0.492 e. The van der Waals surface area contributed by atoms with Crippen molar-refractivity contribution in [3.63, 3.8) is 0 Å². The predicted molar refractivity (Wildman–Crippen MR) is 123 cm³/mol. The summed E-state index contributed by atoms with van der Waals surface area (Å²) < 4.78 is 0. The Morgan fingerprint density at radius 2 is 0.969 bits per heavy atom. The van der Waals surface area contributed by atoms with Crippen molar-refractivity contribution >= 4 is 23.2 Å². The van der Waals surface area contributed by atoms with E-state index >= 15 is 0 Å². The Kier molecular flexibility index (Phi) is 10.6. The van der Waals surface area contributed by atoms with Gasteiger partial charge in [0.05, 0.1) is 22.8 Å². The van der Waals surface area contributed by atoms with Crippen molar-refractivity contribution in [2.75, 3.05) is 0 Å². The molecule has 0 saturated heterocycles. The fourth-order valence-corrected chi connectivity index (χ4v) is 2.47. The minimum absolute atomic E-state index is 0. The first-order chi connectivity index (χ1) is 14.5. The van der Waals surface area contributed by atoms with Crippen LogP contribution in [0.1, 0.15) is 36.4 Å². The third-order valence-electron chi connectivity index (χ3n) is 4.14. The van der Waals surface area contributed by atoms with E-state index in [1.165, 1.54) is 0 Å². The number of aliphatic hydroxyl groups excluding tert-OH is 2. The summed E-state index contributed by atoms with van der Waals surface area (Å²) in [4.78, 5) is 4.51. The van der Waals surface area contributed by atoms with Gasteiger partial charge in [-0.25, -0.2) is 4.98 Å². The van der Waals surface area contributed by atoms with Gasteiger partial charge in [-0.15, -0.1) is 20.4 Å². The predicted octanol–water partition coefficient (Wildman–Crippen LogP) is 3.71. The Hall–Kier alpha value is -3.65. The van der Waals surface area contributed by atoms with E-state index in [0.29, 0.717) is 33.9 Å². The molecule has 0 aliphatic rings. The van der Waals surface area contributed by atoms with Gasteiger partial charge in [0, 0.05) is 28.2 Å². The molecule has 3 rings (SSSR count). The van der Waals surface area contributed by atoms with Crippen LogP contribution in [0, 0.1) is 0 Å². The van der Waals surface area contributed by atoms with Gasteiger partial charge < -0.3 is 15.7 Å². The number of aromatic nitrogens is 1. The number of nitrogens with zero attached hydrogens (tertiary/aromatic N) is 5. The van der Waals surface area contributed by atoms with Crippen LogP contribution >= 0.6 is 0 Å². The second-order valence-electron chi connectivity index (χ2n) is 6.36. The van der Waals surface area contributed by atoms with E-state index < -0.39 is 0 Å². The summed E-state index contributed by atoms with van der Waals surface area (Å²) in [6, 6.07) is 23.3. The number of aliphatic hydroxyl groups is 2. The summed E-state index contributed by atoms with van der Waals surface area (Å²) >= 11 is 0. The van der Waals surface area contributed by atoms with Gasteiger partial charge in [0.15, 0.2) is 0 Å². The average Bonchev–Trinajstić information content (AvgIpc) is 2.81. The van der Waals surface area contributed by atoms with E-state index in [-0.39, 0.29) is 34.3 Å². The molecule has 3 aromatic rings. The fourth-order valence-electron chi connectivity index (χ4n) is 2.47. The molecule has 0 unspecified atom stereocenters. The normalized spacial score (nSPS) is 12.6. The van der Waals surface area contributed by atoms with Crippen LogP contribution in [-0.4, -0.2) is 43.9 Å². The summed E-state index contributed by atoms with van der Waals surface area (Å²) in [5.74, 6) is -0.343. The summed E-state index contributed by atoms with van der Waals surface area (Å²) in [6.45, 7) is 3.50. The maximum Gasteiger partial charge on any atom is 0.238 e. The molecule has 2 aromatic carbocycles. The number of pyridine rings is 1. The molecule has 32 heavy (non-hydrogen) atoms. The first-order valence-corrected chi connectivity index (χ1v) is 9.25. The van der Waals surface area contributed by atoms with Gasteiger partial charge >= 0.3 is 0 Å². The van der Waals surface area contributed by atoms with Crippen molar-refractivity contribution in [1.82, 2.24) is 4.98 Å². The Morgan fingerprint density at radius 1 is 0.594 bits per heavy atom. The van der Waals surface area contributed by atoms with Crippen molar-refractivity contribution in [3.05, 3.63) is 101 Å². The molecule has 1 heterocycles. The maximum atomic E-state index is 10.0. The molecule has 0 fully saturated rings. The second kappa shape index (κ2) is 12.9. The molecule has 0 bridgehead atoms. The number of benzene rings is 2. The quantitative estimate of drug-likeness (QED) is 0.241. The molecule has 0 saturated carbocycles. The minimum atomic E-state index is -0.172. The van der Waals surface area contributed by atoms with Gasteiger partial charge in [-0.2, -0.15) is 0 Å². The Balaban J connectivity index is 0.00000256. The molecular formula is C23H23CuN5O3. The molecule has 9 heteroatoms. The smallest absolute Gasteiger partial charge is 0.238 e. The molecule has 1 radical (unpaired) electrons. The molecule has 4 N–H and O–H groups in total. The van der Waals surface area contributed by atoms with E-state index in [1.807, 2.05) is 42.5 Å². The number of hydrogen-bond donors (Lipinski definition) is 2. The summed E-state index contributed by atoms with van der Waals surface area (Å²) in [7, 11) is 0. The molecule has 0 atom stereocenters. The van der Waals surface area contributed by atoms with Crippen LogP contribution in [0.25, 0.3) is 0 Å². The van der Waals surface area contributed by atoms with Crippen LogP contribution in [0.5, 0.6) is 0 Å². The van der Waals surface area contributed by atoms with Crippen molar-refractivity contribution in [2.24, 2.45) is 20.4 Å². The molecule has 0 amide bonds. The number of hydrogen-bond acceptors (Lipinski definition) is 5. The van der Waals surface area contributed by atoms with E-state index in [4.69, 9.17) is 0 Å². The van der Waals surface area contributed by atoms with Crippen LogP contribution in [0.15, 0.2) is 99.3 Å². The van der Waals surface area contributed by atoms with Crippen molar-refractivity contribution in [2.45, 2.75) is 13.8 Å². The van der Waals surface area contributed by atoms with Gasteiger partial charge in [-0.3, -0.25) is 0 Å². The Morgan fingerprint density at radius 3 is 1.34 bits per heavy atom. The third-order valence-corrected chi connectivity index (χ3v) is 4.14. The van der Waals surface area contributed by atoms with Crippen LogP contribution < -0.4 is 0 Å². The standard InChI is InChI=1S/C23H21N5O2.Cu.H2O/c1-16(25-27-22(29)18-10-5-3-6-11-18)20-14-9-15-21(24-20)17(2)26-28-23(30)19-12-7-4-8-13-19;;/h3-15H,1-2H3,(H,27,29)(H,28,30);;1H2/b25-16+,26-17+;;. The first kappa shape index (κ1) is 26.4. The van der Waals surface area contributed by atoms with Crippen molar-refractivity contribution in [1.29, 1.82) is 0 Å². The van der Waals surface area contributed by atoms with Crippen LogP contribution in [0.4, 0.5) is 0 Å². The van der Waals surface area contributed by atoms with E-state index in [9.17, 15) is 10.2 Å². The molecule has 8 nitrogen and oxygen atoms in total. The first-order valence-electron chi connectivity index (χ1n) is 9.25. The van der Waals surface area contributed by atoms with Gasteiger partial charge in [-0.1, -0.05) is 42.5 Å². The van der Waals surface area contributed by atoms with E-state index in [1.54, 1.807) is 50.2 Å². The molecule has 0 aliphatic heterocycles. The monoisotopic (exact) mass is 480 g/mol.